The van der Waals surface area contributed by atoms with Crippen molar-refractivity contribution in [2.75, 3.05) is 12.4 Å². The van der Waals surface area contributed by atoms with E-state index in [9.17, 15) is 4.39 Å². The molecule has 1 N–H and O–H groups in total. The molecule has 0 saturated heterocycles. The molecular formula is C12H11BrFNO2. The number of ether oxygens (including phenoxy) is 1. The molecule has 90 valence electrons. The van der Waals surface area contributed by atoms with E-state index < -0.39 is 0 Å². The Kier molecular flexibility index (Phi) is 3.68. The van der Waals surface area contributed by atoms with Crippen LogP contribution in [0.4, 0.5) is 10.1 Å². The van der Waals surface area contributed by atoms with Crippen LogP contribution in [0.3, 0.4) is 0 Å². The molecule has 3 nitrogen and oxygen atoms in total. The van der Waals surface area contributed by atoms with Gasteiger partial charge in [-0.25, -0.2) is 4.39 Å². The van der Waals surface area contributed by atoms with Gasteiger partial charge >= 0.3 is 0 Å². The van der Waals surface area contributed by atoms with Gasteiger partial charge in [0.1, 0.15) is 5.76 Å². The average molecular weight is 300 g/mol. The Morgan fingerprint density at radius 3 is 2.88 bits per heavy atom. The van der Waals surface area contributed by atoms with Crippen LogP contribution in [0.25, 0.3) is 0 Å². The fourth-order valence-corrected chi connectivity index (χ4v) is 1.74. The number of anilines is 1. The Bertz CT molecular complexity index is 513. The Morgan fingerprint density at radius 2 is 2.24 bits per heavy atom. The van der Waals surface area contributed by atoms with Gasteiger partial charge in [0.25, 0.3) is 0 Å². The molecule has 0 aliphatic carbocycles. The van der Waals surface area contributed by atoms with Crippen LogP contribution in [-0.2, 0) is 6.54 Å². The smallest absolute Gasteiger partial charge is 0.165 e. The zero-order valence-corrected chi connectivity index (χ0v) is 10.8. The summed E-state index contributed by atoms with van der Waals surface area (Å²) < 4.78 is 24.2. The molecule has 5 heteroatoms. The third-order valence-electron chi connectivity index (χ3n) is 2.30. The first-order chi connectivity index (χ1) is 8.20. The summed E-state index contributed by atoms with van der Waals surface area (Å²) in [7, 11) is 1.44. The second kappa shape index (κ2) is 5.23. The zero-order valence-electron chi connectivity index (χ0n) is 9.17. The highest BCUT2D eigenvalue weighted by atomic mass is 79.9. The van der Waals surface area contributed by atoms with Gasteiger partial charge in [-0.3, -0.25) is 0 Å². The number of furan rings is 1. The number of hydrogen-bond acceptors (Lipinski definition) is 3. The van der Waals surface area contributed by atoms with Crippen LogP contribution in [0.2, 0.25) is 0 Å². The Labute approximate surface area is 107 Å². The minimum Gasteiger partial charge on any atom is -0.494 e. The van der Waals surface area contributed by atoms with Gasteiger partial charge in [-0.2, -0.15) is 0 Å². The average Bonchev–Trinajstić information content (AvgIpc) is 2.74. The first-order valence-corrected chi connectivity index (χ1v) is 5.79. The molecule has 0 aliphatic heterocycles. The van der Waals surface area contributed by atoms with Crippen LogP contribution < -0.4 is 10.1 Å². The van der Waals surface area contributed by atoms with Crippen molar-refractivity contribution < 1.29 is 13.5 Å². The highest BCUT2D eigenvalue weighted by molar-refractivity contribution is 9.10. The maximum absolute atomic E-state index is 13.2. The fraction of sp³-hybridized carbons (Fsp3) is 0.167. The molecule has 2 rings (SSSR count). The third-order valence-corrected chi connectivity index (χ3v) is 3.00. The lowest BCUT2D eigenvalue weighted by atomic mass is 10.3. The Balaban J connectivity index is 2.07. The van der Waals surface area contributed by atoms with E-state index in [0.717, 1.165) is 15.9 Å². The van der Waals surface area contributed by atoms with Crippen molar-refractivity contribution >= 4 is 21.6 Å². The van der Waals surface area contributed by atoms with Crippen molar-refractivity contribution in [2.45, 2.75) is 6.54 Å². The zero-order chi connectivity index (χ0) is 12.3. The van der Waals surface area contributed by atoms with E-state index in [1.54, 1.807) is 18.4 Å². The summed E-state index contributed by atoms with van der Waals surface area (Å²) in [6, 6.07) is 6.43. The minimum absolute atomic E-state index is 0.216. The summed E-state index contributed by atoms with van der Waals surface area (Å²) in [5.41, 5.74) is 0.770. The van der Waals surface area contributed by atoms with E-state index in [1.807, 2.05) is 6.07 Å². The number of nitrogens with one attached hydrogen (secondary N) is 1. The largest absolute Gasteiger partial charge is 0.494 e. The van der Waals surface area contributed by atoms with E-state index in [-0.39, 0.29) is 11.6 Å². The predicted octanol–water partition coefficient (Wildman–Crippen LogP) is 3.80. The van der Waals surface area contributed by atoms with Crippen molar-refractivity contribution in [2.24, 2.45) is 0 Å². The summed E-state index contributed by atoms with van der Waals surface area (Å²) >= 11 is 3.36. The molecule has 0 saturated carbocycles. The van der Waals surface area contributed by atoms with Gasteiger partial charge in [0.2, 0.25) is 0 Å². The molecule has 0 spiro atoms. The van der Waals surface area contributed by atoms with Crippen molar-refractivity contribution in [1.82, 2.24) is 0 Å². The van der Waals surface area contributed by atoms with Crippen LogP contribution in [0.1, 0.15) is 5.76 Å². The third kappa shape index (κ3) is 2.79. The van der Waals surface area contributed by atoms with Gasteiger partial charge in [0, 0.05) is 11.8 Å². The van der Waals surface area contributed by atoms with E-state index in [2.05, 4.69) is 21.2 Å². The SMILES string of the molecule is COc1cc(NCc2occc2Br)ccc1F. The first kappa shape index (κ1) is 12.0. The molecule has 0 fully saturated rings. The second-order valence-corrected chi connectivity index (χ2v) is 4.25. The van der Waals surface area contributed by atoms with E-state index in [0.29, 0.717) is 6.54 Å². The molecule has 1 heterocycles. The molecular weight excluding hydrogens is 289 g/mol. The summed E-state index contributed by atoms with van der Waals surface area (Å²) in [6.45, 7) is 0.516. The van der Waals surface area contributed by atoms with Gasteiger partial charge in [0.05, 0.1) is 24.4 Å². The topological polar surface area (TPSA) is 34.4 Å². The Hall–Kier alpha value is -1.49. The fourth-order valence-electron chi connectivity index (χ4n) is 1.40. The lowest BCUT2D eigenvalue weighted by molar-refractivity contribution is 0.387. The highest BCUT2D eigenvalue weighted by Crippen LogP contribution is 2.23. The predicted molar refractivity (Wildman–Crippen MR) is 66.7 cm³/mol. The molecule has 17 heavy (non-hydrogen) atoms. The van der Waals surface area contributed by atoms with Crippen molar-refractivity contribution in [3.63, 3.8) is 0 Å². The summed E-state index contributed by atoms with van der Waals surface area (Å²) in [4.78, 5) is 0. The molecule has 0 bridgehead atoms. The molecule has 0 radical (unpaired) electrons. The van der Waals surface area contributed by atoms with E-state index >= 15 is 0 Å². The normalized spacial score (nSPS) is 10.3. The van der Waals surface area contributed by atoms with Gasteiger partial charge < -0.3 is 14.5 Å². The lowest BCUT2D eigenvalue weighted by Crippen LogP contribution is -1.99. The molecule has 0 unspecified atom stereocenters. The van der Waals surface area contributed by atoms with Crippen LogP contribution in [0, 0.1) is 5.82 Å². The maximum atomic E-state index is 13.2. The van der Waals surface area contributed by atoms with Crippen molar-refractivity contribution in [3.05, 3.63) is 46.6 Å². The minimum atomic E-state index is -0.378. The molecule has 1 aromatic carbocycles. The van der Waals surface area contributed by atoms with Crippen molar-refractivity contribution in [1.29, 1.82) is 0 Å². The molecule has 0 amide bonds. The number of rotatable bonds is 4. The van der Waals surface area contributed by atoms with E-state index in [4.69, 9.17) is 9.15 Å². The van der Waals surface area contributed by atoms with Crippen LogP contribution in [0.5, 0.6) is 5.75 Å². The molecule has 1 aromatic heterocycles. The lowest BCUT2D eigenvalue weighted by Gasteiger charge is -2.07. The monoisotopic (exact) mass is 299 g/mol. The number of hydrogen-bond donors (Lipinski definition) is 1. The summed E-state index contributed by atoms with van der Waals surface area (Å²) in [5.74, 6) is 0.624. The number of benzene rings is 1. The number of halogens is 2. The van der Waals surface area contributed by atoms with Gasteiger partial charge in [0.15, 0.2) is 11.6 Å². The van der Waals surface area contributed by atoms with E-state index in [1.165, 1.54) is 13.2 Å². The van der Waals surface area contributed by atoms with Crippen LogP contribution >= 0.6 is 15.9 Å². The second-order valence-electron chi connectivity index (χ2n) is 3.39. The quantitative estimate of drug-likeness (QED) is 0.932. The molecule has 0 atom stereocenters. The van der Waals surface area contributed by atoms with Gasteiger partial charge in [-0.05, 0) is 34.1 Å². The van der Waals surface area contributed by atoms with Gasteiger partial charge in [-0.15, -0.1) is 0 Å². The Morgan fingerprint density at radius 1 is 1.41 bits per heavy atom. The molecule has 2 aromatic rings. The highest BCUT2D eigenvalue weighted by Gasteiger charge is 2.05. The summed E-state index contributed by atoms with van der Waals surface area (Å²) in [5, 5.41) is 3.12. The maximum Gasteiger partial charge on any atom is 0.165 e. The number of methoxy groups -OCH3 is 1. The van der Waals surface area contributed by atoms with Crippen LogP contribution in [-0.4, -0.2) is 7.11 Å². The molecule has 0 aliphatic rings. The summed E-state index contributed by atoms with van der Waals surface area (Å²) in [6.07, 6.45) is 1.60. The standard InChI is InChI=1S/C12H11BrFNO2/c1-16-11-6-8(2-3-10(11)14)15-7-12-9(13)4-5-17-12/h2-6,15H,7H2,1H3. The first-order valence-electron chi connectivity index (χ1n) is 5.00. The van der Waals surface area contributed by atoms with Gasteiger partial charge in [-0.1, -0.05) is 0 Å². The van der Waals surface area contributed by atoms with Crippen molar-refractivity contribution in [3.8, 4) is 5.75 Å². The van der Waals surface area contributed by atoms with Crippen LogP contribution in [0.15, 0.2) is 39.4 Å².